The van der Waals surface area contributed by atoms with E-state index in [4.69, 9.17) is 18.9 Å². The number of thiazole rings is 1. The summed E-state index contributed by atoms with van der Waals surface area (Å²) in [4.78, 5) is 41.0. The van der Waals surface area contributed by atoms with Gasteiger partial charge in [-0.3, -0.25) is 10.1 Å². The zero-order valence-corrected chi connectivity index (χ0v) is 19.7. The lowest BCUT2D eigenvalue weighted by atomic mass is 9.97. The van der Waals surface area contributed by atoms with Crippen molar-refractivity contribution >= 4 is 34.7 Å². The Morgan fingerprint density at radius 3 is 2.17 bits per heavy atom. The van der Waals surface area contributed by atoms with E-state index in [0.29, 0.717) is 12.1 Å². The maximum absolute atomic E-state index is 12.6. The molecule has 0 saturated carbocycles. The molecular weight excluding hydrogens is 412 g/mol. The van der Waals surface area contributed by atoms with E-state index < -0.39 is 41.4 Å². The summed E-state index contributed by atoms with van der Waals surface area (Å²) >= 11 is 1.12. The van der Waals surface area contributed by atoms with E-state index in [0.717, 1.165) is 11.3 Å². The Bertz CT molecular complexity index is 734. The fraction of sp³-hybridized carbons (Fsp3) is 0.700. The topological polar surface area (TPSA) is 113 Å². The second-order valence-electron chi connectivity index (χ2n) is 8.46. The minimum absolute atomic E-state index is 0.158. The van der Waals surface area contributed by atoms with Gasteiger partial charge >= 0.3 is 18.2 Å². The molecule has 0 aliphatic rings. The van der Waals surface area contributed by atoms with Crippen LogP contribution < -0.4 is 5.32 Å². The molecule has 0 aliphatic heterocycles. The molecule has 2 unspecified atom stereocenters. The largest absolute Gasteiger partial charge is 0.509 e. The number of esters is 1. The molecule has 170 valence electrons. The van der Waals surface area contributed by atoms with Gasteiger partial charge in [-0.25, -0.2) is 14.6 Å². The summed E-state index contributed by atoms with van der Waals surface area (Å²) in [5.41, 5.74) is -1.08. The van der Waals surface area contributed by atoms with Gasteiger partial charge in [0.2, 0.25) is 0 Å². The number of nitrogens with zero attached hydrogens (tertiary/aromatic N) is 1. The molecule has 1 amide bonds. The number of carbonyl (C=O) groups excluding carboxylic acids is 3. The molecule has 1 heterocycles. The summed E-state index contributed by atoms with van der Waals surface area (Å²) in [5, 5.41) is 4.39. The maximum Gasteiger partial charge on any atom is 0.509 e. The lowest BCUT2D eigenvalue weighted by Gasteiger charge is -2.25. The molecule has 10 heteroatoms. The number of nitrogens with one attached hydrogen (secondary N) is 1. The number of aromatic nitrogens is 1. The molecule has 0 aromatic carbocycles. The summed E-state index contributed by atoms with van der Waals surface area (Å²) in [6.07, 6.45) is -2.07. The molecule has 0 fully saturated rings. The second kappa shape index (κ2) is 10.6. The SMILES string of the molecule is CCOC(=O)C(c1csc(NC(=O)OC(C)(C)C)n1)C(CC)OC(=O)OC(C)(C)C. The highest BCUT2D eigenvalue weighted by Crippen LogP contribution is 2.30. The monoisotopic (exact) mass is 444 g/mol. The fourth-order valence-electron chi connectivity index (χ4n) is 2.36. The Kier molecular flexibility index (Phi) is 9.08. The highest BCUT2D eigenvalue weighted by atomic mass is 32.1. The van der Waals surface area contributed by atoms with Gasteiger partial charge in [0.15, 0.2) is 5.13 Å². The molecule has 0 bridgehead atoms. The Morgan fingerprint density at radius 1 is 1.07 bits per heavy atom. The van der Waals surface area contributed by atoms with Crippen molar-refractivity contribution in [2.45, 2.75) is 85.0 Å². The molecule has 1 aromatic rings. The van der Waals surface area contributed by atoms with Crippen LogP contribution in [0, 0.1) is 0 Å². The number of amides is 1. The van der Waals surface area contributed by atoms with E-state index in [9.17, 15) is 14.4 Å². The predicted octanol–water partition coefficient (Wildman–Crippen LogP) is 4.87. The number of hydrogen-bond acceptors (Lipinski definition) is 9. The third-order valence-electron chi connectivity index (χ3n) is 3.40. The average Bonchev–Trinajstić information content (AvgIpc) is 2.98. The first-order valence-electron chi connectivity index (χ1n) is 9.77. The van der Waals surface area contributed by atoms with Crippen LogP contribution in [0.3, 0.4) is 0 Å². The van der Waals surface area contributed by atoms with Crippen LogP contribution in [0.2, 0.25) is 0 Å². The van der Waals surface area contributed by atoms with Gasteiger partial charge in [-0.05, 0) is 54.9 Å². The van der Waals surface area contributed by atoms with Gasteiger partial charge in [0, 0.05) is 5.38 Å². The number of ether oxygens (including phenoxy) is 4. The first-order valence-corrected chi connectivity index (χ1v) is 10.7. The van der Waals surface area contributed by atoms with Crippen molar-refractivity contribution in [3.05, 3.63) is 11.1 Å². The molecule has 0 saturated heterocycles. The molecule has 0 spiro atoms. The van der Waals surface area contributed by atoms with Crippen LogP contribution in [-0.2, 0) is 23.7 Å². The van der Waals surface area contributed by atoms with Crippen molar-refractivity contribution in [1.29, 1.82) is 0 Å². The Hall–Kier alpha value is -2.36. The van der Waals surface area contributed by atoms with Crippen molar-refractivity contribution < 1.29 is 33.3 Å². The molecule has 9 nitrogen and oxygen atoms in total. The fourth-order valence-corrected chi connectivity index (χ4v) is 3.09. The molecule has 0 aliphatic carbocycles. The number of anilines is 1. The van der Waals surface area contributed by atoms with E-state index in [2.05, 4.69) is 10.3 Å². The Labute approximate surface area is 181 Å². The van der Waals surface area contributed by atoms with Gasteiger partial charge < -0.3 is 18.9 Å². The summed E-state index contributed by atoms with van der Waals surface area (Å²) < 4.78 is 21.0. The smallest absolute Gasteiger partial charge is 0.465 e. The average molecular weight is 445 g/mol. The zero-order chi connectivity index (χ0) is 23.1. The normalized spacial score (nSPS) is 13.7. The minimum atomic E-state index is -0.965. The second-order valence-corrected chi connectivity index (χ2v) is 9.32. The highest BCUT2D eigenvalue weighted by molar-refractivity contribution is 7.13. The molecule has 1 rings (SSSR count). The van der Waals surface area contributed by atoms with Crippen LogP contribution in [0.25, 0.3) is 0 Å². The Balaban J connectivity index is 3.05. The molecular formula is C20H32N2O7S. The van der Waals surface area contributed by atoms with Gasteiger partial charge in [0.25, 0.3) is 0 Å². The van der Waals surface area contributed by atoms with Crippen molar-refractivity contribution in [3.8, 4) is 0 Å². The number of carbonyl (C=O) groups is 3. The van der Waals surface area contributed by atoms with Crippen molar-refractivity contribution in [3.63, 3.8) is 0 Å². The molecule has 2 atom stereocenters. The first kappa shape index (κ1) is 25.7. The lowest BCUT2D eigenvalue weighted by molar-refractivity contribution is -0.148. The van der Waals surface area contributed by atoms with E-state index >= 15 is 0 Å². The van der Waals surface area contributed by atoms with E-state index in [1.165, 1.54) is 0 Å². The van der Waals surface area contributed by atoms with Crippen molar-refractivity contribution in [2.75, 3.05) is 11.9 Å². The van der Waals surface area contributed by atoms with E-state index in [1.54, 1.807) is 60.8 Å². The quantitative estimate of drug-likeness (QED) is 0.468. The van der Waals surface area contributed by atoms with Crippen LogP contribution in [0.5, 0.6) is 0 Å². The van der Waals surface area contributed by atoms with Crippen molar-refractivity contribution in [1.82, 2.24) is 4.98 Å². The van der Waals surface area contributed by atoms with Gasteiger partial charge in [0.1, 0.15) is 23.2 Å². The standard InChI is InChI=1S/C20H32N2O7S/c1-9-13(27-18(25)29-20(6,7)8)14(15(23)26-10-2)12-11-30-16(21-12)22-17(24)28-19(3,4)5/h11,13-14H,9-10H2,1-8H3,(H,21,22,24). The summed E-state index contributed by atoms with van der Waals surface area (Å²) in [6.45, 7) is 14.0. The van der Waals surface area contributed by atoms with Gasteiger partial charge in [-0.1, -0.05) is 6.92 Å². The van der Waals surface area contributed by atoms with E-state index in [1.807, 2.05) is 0 Å². The zero-order valence-electron chi connectivity index (χ0n) is 18.9. The molecule has 30 heavy (non-hydrogen) atoms. The van der Waals surface area contributed by atoms with Crippen LogP contribution in [0.15, 0.2) is 5.38 Å². The minimum Gasteiger partial charge on any atom is -0.465 e. The van der Waals surface area contributed by atoms with Crippen molar-refractivity contribution in [2.24, 2.45) is 0 Å². The summed E-state index contributed by atoms with van der Waals surface area (Å²) in [5.74, 6) is -1.55. The van der Waals surface area contributed by atoms with Gasteiger partial charge in [0.05, 0.1) is 12.3 Å². The van der Waals surface area contributed by atoms with Crippen LogP contribution in [0.1, 0.15) is 73.4 Å². The molecule has 0 radical (unpaired) electrons. The predicted molar refractivity (Wildman–Crippen MR) is 113 cm³/mol. The van der Waals surface area contributed by atoms with Gasteiger partial charge in [-0.15, -0.1) is 11.3 Å². The number of rotatable bonds is 7. The highest BCUT2D eigenvalue weighted by Gasteiger charge is 2.36. The van der Waals surface area contributed by atoms with Crippen LogP contribution >= 0.6 is 11.3 Å². The maximum atomic E-state index is 12.6. The lowest BCUT2D eigenvalue weighted by Crippen LogP contribution is -2.34. The van der Waals surface area contributed by atoms with Crippen LogP contribution in [0.4, 0.5) is 14.7 Å². The Morgan fingerprint density at radius 2 is 1.67 bits per heavy atom. The van der Waals surface area contributed by atoms with Gasteiger partial charge in [-0.2, -0.15) is 0 Å². The number of hydrogen-bond donors (Lipinski definition) is 1. The van der Waals surface area contributed by atoms with Crippen LogP contribution in [-0.4, -0.2) is 47.1 Å². The third kappa shape index (κ3) is 8.98. The molecule has 1 aromatic heterocycles. The molecule has 1 N–H and O–H groups in total. The summed E-state index contributed by atoms with van der Waals surface area (Å²) in [7, 11) is 0. The third-order valence-corrected chi connectivity index (χ3v) is 4.18. The summed E-state index contributed by atoms with van der Waals surface area (Å²) in [6, 6.07) is 0. The first-order chi connectivity index (χ1) is 13.8. The van der Waals surface area contributed by atoms with E-state index in [-0.39, 0.29) is 11.7 Å².